The van der Waals surface area contributed by atoms with Gasteiger partial charge in [0, 0.05) is 23.7 Å². The zero-order valence-electron chi connectivity index (χ0n) is 12.8. The summed E-state index contributed by atoms with van der Waals surface area (Å²) < 4.78 is 18.8. The van der Waals surface area contributed by atoms with Crippen LogP contribution in [0.4, 0.5) is 10.2 Å². The third kappa shape index (κ3) is 3.13. The molecule has 3 aromatic rings. The monoisotopic (exact) mass is 342 g/mol. The molecule has 7 heteroatoms. The van der Waals surface area contributed by atoms with Gasteiger partial charge in [0.2, 0.25) is 0 Å². The lowest BCUT2D eigenvalue weighted by atomic mass is 10.1. The molecule has 1 aliphatic heterocycles. The van der Waals surface area contributed by atoms with E-state index in [2.05, 4.69) is 20.1 Å². The highest BCUT2D eigenvalue weighted by Gasteiger charge is 2.24. The van der Waals surface area contributed by atoms with E-state index in [1.165, 1.54) is 12.1 Å². The van der Waals surface area contributed by atoms with Crippen molar-refractivity contribution in [1.82, 2.24) is 15.2 Å². The van der Waals surface area contributed by atoms with E-state index in [9.17, 15) is 4.39 Å². The Kier molecular flexibility index (Phi) is 4.18. The number of anilines is 1. The van der Waals surface area contributed by atoms with E-state index < -0.39 is 0 Å². The maximum atomic E-state index is 13.0. The van der Waals surface area contributed by atoms with E-state index in [0.29, 0.717) is 13.2 Å². The molecule has 0 saturated carbocycles. The van der Waals surface area contributed by atoms with Crippen molar-refractivity contribution in [2.75, 3.05) is 24.6 Å². The molecule has 5 nitrogen and oxygen atoms in total. The third-order valence-corrected chi connectivity index (χ3v) is 4.78. The third-order valence-electron chi connectivity index (χ3n) is 3.91. The number of hydrogen-bond donors (Lipinski definition) is 0. The number of halogens is 1. The SMILES string of the molecule is Fc1ccc(-c2ccc(N3CCOC(c4nccs4)C3)nn2)cc1. The Balaban J connectivity index is 1.51. The Morgan fingerprint density at radius 2 is 2.00 bits per heavy atom. The first-order chi connectivity index (χ1) is 11.8. The molecule has 1 aromatic carbocycles. The fraction of sp³-hybridized carbons (Fsp3) is 0.235. The highest BCUT2D eigenvalue weighted by atomic mass is 32.1. The summed E-state index contributed by atoms with van der Waals surface area (Å²) in [6.45, 7) is 2.11. The van der Waals surface area contributed by atoms with Gasteiger partial charge in [0.15, 0.2) is 5.82 Å². The molecule has 0 N–H and O–H groups in total. The smallest absolute Gasteiger partial charge is 0.151 e. The summed E-state index contributed by atoms with van der Waals surface area (Å²) >= 11 is 1.60. The summed E-state index contributed by atoms with van der Waals surface area (Å²) in [6.07, 6.45) is 1.76. The van der Waals surface area contributed by atoms with Gasteiger partial charge >= 0.3 is 0 Å². The standard InChI is InChI=1S/C17H15FN4OS/c18-13-3-1-12(2-4-13)14-5-6-16(21-20-14)22-8-9-23-15(11-22)17-19-7-10-24-17/h1-7,10,15H,8-9,11H2. The van der Waals surface area contributed by atoms with Crippen LogP contribution in [-0.2, 0) is 4.74 Å². The van der Waals surface area contributed by atoms with Crippen molar-refractivity contribution in [1.29, 1.82) is 0 Å². The highest BCUT2D eigenvalue weighted by molar-refractivity contribution is 7.09. The number of morpholine rings is 1. The molecule has 0 bridgehead atoms. The first-order valence-corrected chi connectivity index (χ1v) is 8.53. The topological polar surface area (TPSA) is 51.1 Å². The van der Waals surface area contributed by atoms with Crippen LogP contribution >= 0.6 is 11.3 Å². The number of aromatic nitrogens is 3. The number of hydrogen-bond acceptors (Lipinski definition) is 6. The fourth-order valence-electron chi connectivity index (χ4n) is 2.67. The molecule has 2 aromatic heterocycles. The van der Waals surface area contributed by atoms with Crippen LogP contribution in [0.5, 0.6) is 0 Å². The molecule has 1 atom stereocenters. The lowest BCUT2D eigenvalue weighted by Gasteiger charge is -2.32. The average Bonchev–Trinajstić information content (AvgIpc) is 3.17. The Morgan fingerprint density at radius 1 is 1.12 bits per heavy atom. The number of ether oxygens (including phenoxy) is 1. The molecule has 0 radical (unpaired) electrons. The minimum Gasteiger partial charge on any atom is -0.367 e. The molecule has 1 aliphatic rings. The van der Waals surface area contributed by atoms with E-state index in [1.807, 2.05) is 17.5 Å². The fourth-order valence-corrected chi connectivity index (χ4v) is 3.35. The van der Waals surface area contributed by atoms with Gasteiger partial charge in [-0.2, -0.15) is 0 Å². The predicted octanol–water partition coefficient (Wildman–Crippen LogP) is 3.32. The molecule has 3 heterocycles. The van der Waals surface area contributed by atoms with Gasteiger partial charge in [-0.15, -0.1) is 21.5 Å². The van der Waals surface area contributed by atoms with Crippen molar-refractivity contribution >= 4 is 17.2 Å². The van der Waals surface area contributed by atoms with Crippen LogP contribution in [-0.4, -0.2) is 34.9 Å². The van der Waals surface area contributed by atoms with Crippen LogP contribution < -0.4 is 4.90 Å². The molecule has 1 fully saturated rings. The minimum absolute atomic E-state index is 0.0303. The summed E-state index contributed by atoms with van der Waals surface area (Å²) in [5.74, 6) is 0.551. The van der Waals surface area contributed by atoms with E-state index >= 15 is 0 Å². The Bertz CT molecular complexity index is 792. The lowest BCUT2D eigenvalue weighted by Crippen LogP contribution is -2.38. The Labute approximate surface area is 142 Å². The van der Waals surface area contributed by atoms with Gasteiger partial charge in [-0.3, -0.25) is 0 Å². The summed E-state index contributed by atoms with van der Waals surface area (Å²) in [5, 5.41) is 11.5. The highest BCUT2D eigenvalue weighted by Crippen LogP contribution is 2.27. The molecule has 1 unspecified atom stereocenters. The molecule has 24 heavy (non-hydrogen) atoms. The van der Waals surface area contributed by atoms with Crippen molar-refractivity contribution in [2.24, 2.45) is 0 Å². The molecule has 0 aliphatic carbocycles. The number of nitrogens with zero attached hydrogens (tertiary/aromatic N) is 4. The summed E-state index contributed by atoms with van der Waals surface area (Å²) in [6, 6.07) is 10.1. The summed E-state index contributed by atoms with van der Waals surface area (Å²) in [7, 11) is 0. The summed E-state index contributed by atoms with van der Waals surface area (Å²) in [5.41, 5.74) is 1.57. The van der Waals surface area contributed by atoms with Crippen molar-refractivity contribution in [3.05, 3.63) is 58.8 Å². The molecule has 0 amide bonds. The maximum absolute atomic E-state index is 13.0. The number of rotatable bonds is 3. The van der Waals surface area contributed by atoms with Crippen molar-refractivity contribution in [2.45, 2.75) is 6.10 Å². The van der Waals surface area contributed by atoms with Gasteiger partial charge in [0.25, 0.3) is 0 Å². The zero-order chi connectivity index (χ0) is 16.4. The average molecular weight is 342 g/mol. The first-order valence-electron chi connectivity index (χ1n) is 7.65. The number of thiazole rings is 1. The van der Waals surface area contributed by atoms with Crippen LogP contribution in [0.25, 0.3) is 11.3 Å². The molecular weight excluding hydrogens is 327 g/mol. The van der Waals surface area contributed by atoms with Crippen molar-refractivity contribution in [3.8, 4) is 11.3 Å². The molecular formula is C17H15FN4OS. The van der Waals surface area contributed by atoms with Crippen molar-refractivity contribution < 1.29 is 9.13 Å². The quantitative estimate of drug-likeness (QED) is 0.731. The van der Waals surface area contributed by atoms with Crippen LogP contribution in [0.2, 0.25) is 0 Å². The van der Waals surface area contributed by atoms with Gasteiger partial charge in [-0.05, 0) is 36.4 Å². The minimum atomic E-state index is -0.259. The maximum Gasteiger partial charge on any atom is 0.151 e. The largest absolute Gasteiger partial charge is 0.367 e. The molecule has 0 spiro atoms. The Morgan fingerprint density at radius 3 is 2.71 bits per heavy atom. The first kappa shape index (κ1) is 15.2. The Hall–Kier alpha value is -2.38. The van der Waals surface area contributed by atoms with E-state index in [1.54, 1.807) is 29.7 Å². The van der Waals surface area contributed by atoms with Crippen LogP contribution in [0.1, 0.15) is 11.1 Å². The van der Waals surface area contributed by atoms with E-state index in [-0.39, 0.29) is 11.9 Å². The van der Waals surface area contributed by atoms with Crippen LogP contribution in [0, 0.1) is 5.82 Å². The van der Waals surface area contributed by atoms with Gasteiger partial charge in [0.05, 0.1) is 18.8 Å². The lowest BCUT2D eigenvalue weighted by molar-refractivity contribution is 0.0393. The second-order valence-corrected chi connectivity index (χ2v) is 6.39. The van der Waals surface area contributed by atoms with Crippen LogP contribution in [0.15, 0.2) is 48.0 Å². The van der Waals surface area contributed by atoms with Gasteiger partial charge in [-0.25, -0.2) is 9.37 Å². The predicted molar refractivity (Wildman–Crippen MR) is 90.4 cm³/mol. The molecule has 4 rings (SSSR count). The molecule has 122 valence electrons. The normalized spacial score (nSPS) is 17.9. The van der Waals surface area contributed by atoms with Gasteiger partial charge in [0.1, 0.15) is 16.9 Å². The van der Waals surface area contributed by atoms with Crippen molar-refractivity contribution in [3.63, 3.8) is 0 Å². The van der Waals surface area contributed by atoms with E-state index in [4.69, 9.17) is 4.74 Å². The zero-order valence-corrected chi connectivity index (χ0v) is 13.6. The van der Waals surface area contributed by atoms with E-state index in [0.717, 1.165) is 28.6 Å². The number of benzene rings is 1. The molecule has 1 saturated heterocycles. The van der Waals surface area contributed by atoms with Crippen LogP contribution in [0.3, 0.4) is 0 Å². The van der Waals surface area contributed by atoms with Gasteiger partial charge in [-0.1, -0.05) is 0 Å². The van der Waals surface area contributed by atoms with Gasteiger partial charge < -0.3 is 9.64 Å². The second kappa shape index (κ2) is 6.62. The second-order valence-electron chi connectivity index (χ2n) is 5.46. The summed E-state index contributed by atoms with van der Waals surface area (Å²) in [4.78, 5) is 6.48.